The summed E-state index contributed by atoms with van der Waals surface area (Å²) in [6, 6.07) is 6.26. The fraction of sp³-hybridized carbons (Fsp3) is 0.571. The van der Waals surface area contributed by atoms with E-state index in [9.17, 15) is 14.4 Å². The first-order valence-corrected chi connectivity index (χ1v) is 10.1. The van der Waals surface area contributed by atoms with Gasteiger partial charge in [0.1, 0.15) is 6.04 Å². The molecule has 3 N–H and O–H groups in total. The Bertz CT molecular complexity index is 711. The van der Waals surface area contributed by atoms with Gasteiger partial charge >= 0.3 is 5.97 Å². The van der Waals surface area contributed by atoms with Crippen LogP contribution in [-0.4, -0.2) is 42.5 Å². The number of hydrogen-bond donors (Lipinski definition) is 3. The van der Waals surface area contributed by atoms with E-state index in [4.69, 9.17) is 4.74 Å². The summed E-state index contributed by atoms with van der Waals surface area (Å²) in [7, 11) is 0. The second-order valence-electron chi connectivity index (χ2n) is 7.62. The minimum atomic E-state index is -0.719. The molecule has 4 unspecified atom stereocenters. The van der Waals surface area contributed by atoms with Crippen LogP contribution in [0.3, 0.4) is 0 Å². The molecule has 0 radical (unpaired) electrons. The molecule has 160 valence electrons. The molecular formula is C21H30ClN3O4. The molecule has 0 aromatic heterocycles. The zero-order valence-corrected chi connectivity index (χ0v) is 17.7. The lowest BCUT2D eigenvalue weighted by atomic mass is 9.85. The van der Waals surface area contributed by atoms with Crippen LogP contribution in [0.1, 0.15) is 56.3 Å². The molecule has 0 spiro atoms. The van der Waals surface area contributed by atoms with Crippen molar-refractivity contribution in [2.24, 2.45) is 5.92 Å². The van der Waals surface area contributed by atoms with Gasteiger partial charge in [0.05, 0.1) is 12.6 Å². The van der Waals surface area contributed by atoms with Gasteiger partial charge in [0, 0.05) is 17.3 Å². The van der Waals surface area contributed by atoms with E-state index < -0.39 is 12.0 Å². The molecule has 1 aromatic carbocycles. The molecule has 29 heavy (non-hydrogen) atoms. The Morgan fingerprint density at radius 2 is 1.86 bits per heavy atom. The van der Waals surface area contributed by atoms with Crippen LogP contribution in [0.25, 0.3) is 0 Å². The number of rotatable bonds is 6. The fourth-order valence-electron chi connectivity index (χ4n) is 4.06. The predicted molar refractivity (Wildman–Crippen MR) is 113 cm³/mol. The minimum Gasteiger partial charge on any atom is -0.464 e. The molecule has 1 heterocycles. The summed E-state index contributed by atoms with van der Waals surface area (Å²) >= 11 is 0. The van der Waals surface area contributed by atoms with Gasteiger partial charge in [-0.1, -0.05) is 12.8 Å². The number of anilines is 1. The van der Waals surface area contributed by atoms with Gasteiger partial charge < -0.3 is 20.7 Å². The molecule has 2 aliphatic rings. The molecule has 8 heteroatoms. The van der Waals surface area contributed by atoms with Crippen LogP contribution in [0.15, 0.2) is 24.3 Å². The lowest BCUT2D eigenvalue weighted by molar-refractivity contribution is -0.144. The maximum Gasteiger partial charge on any atom is 0.328 e. The monoisotopic (exact) mass is 423 g/mol. The quantitative estimate of drug-likeness (QED) is 0.611. The first-order valence-electron chi connectivity index (χ1n) is 10.1. The number of benzene rings is 1. The zero-order chi connectivity index (χ0) is 20.1. The second kappa shape index (κ2) is 10.6. The van der Waals surface area contributed by atoms with Gasteiger partial charge in [0.25, 0.3) is 5.91 Å². The predicted octanol–water partition coefficient (Wildman–Crippen LogP) is 2.65. The molecule has 2 amide bonds. The smallest absolute Gasteiger partial charge is 0.328 e. The first-order chi connectivity index (χ1) is 13.5. The average molecular weight is 424 g/mol. The second-order valence-corrected chi connectivity index (χ2v) is 7.62. The highest BCUT2D eigenvalue weighted by molar-refractivity contribution is 5.98. The number of carbonyl (C=O) groups is 3. The molecule has 4 atom stereocenters. The molecule has 7 nitrogen and oxygen atoms in total. The summed E-state index contributed by atoms with van der Waals surface area (Å²) in [5, 5.41) is 9.00. The van der Waals surface area contributed by atoms with Crippen LogP contribution in [-0.2, 0) is 14.3 Å². The lowest BCUT2D eigenvalue weighted by Gasteiger charge is -2.24. The molecular weight excluding hydrogens is 394 g/mol. The third-order valence-electron chi connectivity index (χ3n) is 5.58. The molecule has 2 fully saturated rings. The highest BCUT2D eigenvalue weighted by Gasteiger charge is 2.38. The summed E-state index contributed by atoms with van der Waals surface area (Å²) in [5.74, 6) is -0.246. The van der Waals surface area contributed by atoms with Crippen LogP contribution < -0.4 is 16.0 Å². The highest BCUT2D eigenvalue weighted by Crippen LogP contribution is 2.33. The van der Waals surface area contributed by atoms with Crippen molar-refractivity contribution in [3.63, 3.8) is 0 Å². The van der Waals surface area contributed by atoms with Crippen LogP contribution in [0.5, 0.6) is 0 Å². The van der Waals surface area contributed by atoms with Gasteiger partial charge in [-0.2, -0.15) is 0 Å². The Balaban J connectivity index is 0.00000300. The Kier molecular flexibility index (Phi) is 8.46. The third kappa shape index (κ3) is 5.93. The van der Waals surface area contributed by atoms with Crippen molar-refractivity contribution < 1.29 is 19.1 Å². The van der Waals surface area contributed by atoms with E-state index in [0.29, 0.717) is 23.2 Å². The Hall–Kier alpha value is -2.12. The van der Waals surface area contributed by atoms with Crippen molar-refractivity contribution in [2.45, 2.75) is 64.1 Å². The zero-order valence-electron chi connectivity index (χ0n) is 16.9. The van der Waals surface area contributed by atoms with Crippen molar-refractivity contribution in [1.82, 2.24) is 10.6 Å². The van der Waals surface area contributed by atoms with Gasteiger partial charge in [-0.05, 0) is 63.3 Å². The highest BCUT2D eigenvalue weighted by atomic mass is 35.5. The topological polar surface area (TPSA) is 96.5 Å². The number of esters is 1. The van der Waals surface area contributed by atoms with E-state index in [1.165, 1.54) is 19.3 Å². The lowest BCUT2D eigenvalue weighted by Crippen LogP contribution is -2.40. The maximum atomic E-state index is 12.6. The fourth-order valence-corrected chi connectivity index (χ4v) is 4.06. The third-order valence-corrected chi connectivity index (χ3v) is 5.58. The van der Waals surface area contributed by atoms with Crippen molar-refractivity contribution in [3.05, 3.63) is 29.8 Å². The van der Waals surface area contributed by atoms with Crippen LogP contribution in [0.4, 0.5) is 5.69 Å². The van der Waals surface area contributed by atoms with Crippen molar-refractivity contribution >= 4 is 35.9 Å². The summed E-state index contributed by atoms with van der Waals surface area (Å²) in [6.07, 6.45) is 5.75. The van der Waals surface area contributed by atoms with E-state index in [1.807, 2.05) is 0 Å². The van der Waals surface area contributed by atoms with Gasteiger partial charge in [0.2, 0.25) is 5.91 Å². The summed E-state index contributed by atoms with van der Waals surface area (Å²) in [5.41, 5.74) is 1.07. The number of carbonyl (C=O) groups excluding carboxylic acids is 3. The number of ether oxygens (including phenoxy) is 1. The number of nitrogens with one attached hydrogen (secondary N) is 3. The molecule has 1 saturated heterocycles. The van der Waals surface area contributed by atoms with Gasteiger partial charge in [-0.25, -0.2) is 4.79 Å². The number of hydrogen-bond acceptors (Lipinski definition) is 5. The Morgan fingerprint density at radius 3 is 2.52 bits per heavy atom. The normalized spacial score (nSPS) is 23.9. The molecule has 1 saturated carbocycles. The summed E-state index contributed by atoms with van der Waals surface area (Å²) in [4.78, 5) is 36.4. The van der Waals surface area contributed by atoms with Gasteiger partial charge in [0.15, 0.2) is 0 Å². The van der Waals surface area contributed by atoms with E-state index >= 15 is 0 Å². The van der Waals surface area contributed by atoms with Crippen molar-refractivity contribution in [1.29, 1.82) is 0 Å². The average Bonchev–Trinajstić information content (AvgIpc) is 3.13. The molecule has 1 aliphatic heterocycles. The van der Waals surface area contributed by atoms with E-state index in [0.717, 1.165) is 12.8 Å². The standard InChI is InChI=1S/C21H29N3O4.ClH/c1-3-28-21(27)13(2)22-19(25)14-8-10-16(11-9-14)23-20(26)18-12-15-6-4-5-7-17(15)24-18;/h8-11,13,15,17-18,24H,3-7,12H2,1-2H3,(H,22,25)(H,23,26);1H. The SMILES string of the molecule is CCOC(=O)C(C)NC(=O)c1ccc(NC(=O)C2CC3CCCCC3N2)cc1.Cl. The summed E-state index contributed by atoms with van der Waals surface area (Å²) in [6.45, 7) is 3.57. The molecule has 3 rings (SSSR count). The van der Waals surface area contributed by atoms with E-state index in [2.05, 4.69) is 16.0 Å². The minimum absolute atomic E-state index is 0. The van der Waals surface area contributed by atoms with Gasteiger partial charge in [-0.3, -0.25) is 9.59 Å². The van der Waals surface area contributed by atoms with Gasteiger partial charge in [-0.15, -0.1) is 12.4 Å². The van der Waals surface area contributed by atoms with Crippen LogP contribution >= 0.6 is 12.4 Å². The Morgan fingerprint density at radius 1 is 1.17 bits per heavy atom. The van der Waals surface area contributed by atoms with Crippen molar-refractivity contribution in [3.8, 4) is 0 Å². The summed E-state index contributed by atoms with van der Waals surface area (Å²) < 4.78 is 4.88. The largest absolute Gasteiger partial charge is 0.464 e. The number of fused-ring (bicyclic) bond motifs is 1. The molecule has 0 bridgehead atoms. The van der Waals surface area contributed by atoms with E-state index in [1.54, 1.807) is 38.1 Å². The number of halogens is 1. The Labute approximate surface area is 177 Å². The number of amides is 2. The van der Waals surface area contributed by atoms with Crippen LogP contribution in [0.2, 0.25) is 0 Å². The van der Waals surface area contributed by atoms with Crippen LogP contribution in [0, 0.1) is 5.92 Å². The van der Waals surface area contributed by atoms with Crippen molar-refractivity contribution in [2.75, 3.05) is 11.9 Å². The molecule has 1 aliphatic carbocycles. The first kappa shape index (κ1) is 23.2. The van der Waals surface area contributed by atoms with E-state index in [-0.39, 0.29) is 36.9 Å². The maximum absolute atomic E-state index is 12.6. The molecule has 1 aromatic rings.